The van der Waals surface area contributed by atoms with Gasteiger partial charge in [0, 0.05) is 37.0 Å². The minimum Gasteiger partial charge on any atom is -0.490 e. The zero-order valence-corrected chi connectivity index (χ0v) is 17.8. The highest BCUT2D eigenvalue weighted by atomic mass is 32.2. The standard InChI is InChI=1S/C21H25N3O6S/c25-21(23-17-5-6-19-20(14-17)30-10-2-9-29-19)15-22-16-3-1-4-18(13-16)31(26,27)24-7-11-28-12-8-24/h1,3-6,13-14,22H,2,7-12,15H2,(H,23,25). The van der Waals surface area contributed by atoms with Crippen LogP contribution in [-0.4, -0.2) is 64.7 Å². The number of nitrogens with zero attached hydrogens (tertiary/aromatic N) is 1. The van der Waals surface area contributed by atoms with Crippen LogP contribution < -0.4 is 20.1 Å². The lowest BCUT2D eigenvalue weighted by molar-refractivity contribution is -0.114. The Bertz CT molecular complexity index is 1040. The van der Waals surface area contributed by atoms with Crippen LogP contribution in [0.5, 0.6) is 11.5 Å². The van der Waals surface area contributed by atoms with Gasteiger partial charge in [-0.05, 0) is 30.3 Å². The predicted octanol–water partition coefficient (Wildman–Crippen LogP) is 1.92. The molecule has 0 unspecified atom stereocenters. The molecule has 2 heterocycles. The van der Waals surface area contributed by atoms with Crippen molar-refractivity contribution in [1.82, 2.24) is 4.31 Å². The average Bonchev–Trinajstić information content (AvgIpc) is 3.03. The molecule has 9 nitrogen and oxygen atoms in total. The Labute approximate surface area is 181 Å². The van der Waals surface area contributed by atoms with E-state index in [9.17, 15) is 13.2 Å². The summed E-state index contributed by atoms with van der Waals surface area (Å²) >= 11 is 0. The lowest BCUT2D eigenvalue weighted by Gasteiger charge is -2.26. The van der Waals surface area contributed by atoms with Crippen LogP contribution in [0.2, 0.25) is 0 Å². The summed E-state index contributed by atoms with van der Waals surface area (Å²) in [4.78, 5) is 12.5. The van der Waals surface area contributed by atoms with Crippen LogP contribution in [-0.2, 0) is 19.6 Å². The first kappa shape index (κ1) is 21.4. The summed E-state index contributed by atoms with van der Waals surface area (Å²) in [7, 11) is -3.60. The normalized spacial score (nSPS) is 16.9. The number of anilines is 2. The maximum absolute atomic E-state index is 12.8. The van der Waals surface area contributed by atoms with Crippen LogP contribution in [0.3, 0.4) is 0 Å². The van der Waals surface area contributed by atoms with Gasteiger partial charge in [0.1, 0.15) is 0 Å². The molecular weight excluding hydrogens is 422 g/mol. The summed E-state index contributed by atoms with van der Waals surface area (Å²) < 4.78 is 43.5. The van der Waals surface area contributed by atoms with Crippen LogP contribution in [0, 0.1) is 0 Å². The SMILES string of the molecule is O=C(CNc1cccc(S(=O)(=O)N2CCOCC2)c1)Nc1ccc2c(c1)OCCCO2. The molecule has 0 spiro atoms. The van der Waals surface area contributed by atoms with Gasteiger partial charge in [0.15, 0.2) is 11.5 Å². The van der Waals surface area contributed by atoms with E-state index in [1.54, 1.807) is 36.4 Å². The van der Waals surface area contributed by atoms with E-state index >= 15 is 0 Å². The maximum Gasteiger partial charge on any atom is 0.243 e. The van der Waals surface area contributed by atoms with Crippen molar-refractivity contribution in [1.29, 1.82) is 0 Å². The number of carbonyl (C=O) groups excluding carboxylic acids is 1. The summed E-state index contributed by atoms with van der Waals surface area (Å²) in [6.07, 6.45) is 0.806. The Hall–Kier alpha value is -2.82. The van der Waals surface area contributed by atoms with Gasteiger partial charge in [-0.25, -0.2) is 8.42 Å². The fraction of sp³-hybridized carbons (Fsp3) is 0.381. The Morgan fingerprint density at radius 2 is 1.71 bits per heavy atom. The minimum absolute atomic E-state index is 0.0184. The van der Waals surface area contributed by atoms with E-state index in [1.165, 1.54) is 10.4 Å². The molecule has 31 heavy (non-hydrogen) atoms. The van der Waals surface area contributed by atoms with Gasteiger partial charge in [-0.1, -0.05) is 6.07 Å². The lowest BCUT2D eigenvalue weighted by atomic mass is 10.2. The molecule has 2 N–H and O–H groups in total. The summed E-state index contributed by atoms with van der Waals surface area (Å²) in [5.74, 6) is 0.993. The molecule has 0 atom stereocenters. The first-order valence-electron chi connectivity index (χ1n) is 10.1. The zero-order chi connectivity index (χ0) is 21.7. The number of carbonyl (C=O) groups is 1. The molecule has 2 aromatic rings. The number of ether oxygens (including phenoxy) is 3. The zero-order valence-electron chi connectivity index (χ0n) is 17.0. The number of nitrogens with one attached hydrogen (secondary N) is 2. The summed E-state index contributed by atoms with van der Waals surface area (Å²) in [6, 6.07) is 11.7. The molecule has 10 heteroatoms. The van der Waals surface area contributed by atoms with Gasteiger partial charge < -0.3 is 24.8 Å². The first-order valence-corrected chi connectivity index (χ1v) is 11.6. The summed E-state index contributed by atoms with van der Waals surface area (Å²) in [6.45, 7) is 2.58. The molecule has 166 valence electrons. The number of benzene rings is 2. The van der Waals surface area contributed by atoms with Crippen LogP contribution in [0.4, 0.5) is 11.4 Å². The number of hydrogen-bond donors (Lipinski definition) is 2. The molecule has 2 aromatic carbocycles. The molecule has 0 saturated carbocycles. The van der Waals surface area contributed by atoms with E-state index in [0.29, 0.717) is 62.4 Å². The van der Waals surface area contributed by atoms with Gasteiger partial charge in [-0.2, -0.15) is 4.31 Å². The number of fused-ring (bicyclic) bond motifs is 1. The van der Waals surface area contributed by atoms with Crippen molar-refractivity contribution < 1.29 is 27.4 Å². The van der Waals surface area contributed by atoms with Crippen molar-refractivity contribution in [2.45, 2.75) is 11.3 Å². The van der Waals surface area contributed by atoms with E-state index in [0.717, 1.165) is 6.42 Å². The van der Waals surface area contributed by atoms with E-state index in [2.05, 4.69) is 10.6 Å². The van der Waals surface area contributed by atoms with Gasteiger partial charge in [0.25, 0.3) is 0 Å². The molecule has 2 aliphatic heterocycles. The monoisotopic (exact) mass is 447 g/mol. The second kappa shape index (κ2) is 9.54. The Kier molecular flexibility index (Phi) is 6.59. The molecule has 1 saturated heterocycles. The molecule has 1 fully saturated rings. The van der Waals surface area contributed by atoms with Crippen molar-refractivity contribution in [3.05, 3.63) is 42.5 Å². The van der Waals surface area contributed by atoms with Crippen molar-refractivity contribution in [3.63, 3.8) is 0 Å². The largest absolute Gasteiger partial charge is 0.490 e. The number of hydrogen-bond acceptors (Lipinski definition) is 7. The van der Waals surface area contributed by atoms with E-state index in [-0.39, 0.29) is 17.3 Å². The minimum atomic E-state index is -3.60. The quantitative estimate of drug-likeness (QED) is 0.697. The first-order chi connectivity index (χ1) is 15.0. The maximum atomic E-state index is 12.8. The molecule has 4 rings (SSSR count). The van der Waals surface area contributed by atoms with Crippen LogP contribution in [0.1, 0.15) is 6.42 Å². The molecule has 0 aliphatic carbocycles. The van der Waals surface area contributed by atoms with Gasteiger partial charge in [-0.15, -0.1) is 0 Å². The molecular formula is C21H25N3O6S. The fourth-order valence-corrected chi connectivity index (χ4v) is 4.79. The Morgan fingerprint density at radius 3 is 2.52 bits per heavy atom. The molecule has 0 bridgehead atoms. The van der Waals surface area contributed by atoms with Crippen molar-refractivity contribution >= 4 is 27.3 Å². The third kappa shape index (κ3) is 5.27. The van der Waals surface area contributed by atoms with Crippen LogP contribution >= 0.6 is 0 Å². The second-order valence-electron chi connectivity index (χ2n) is 7.16. The lowest BCUT2D eigenvalue weighted by Crippen LogP contribution is -2.40. The smallest absolute Gasteiger partial charge is 0.243 e. The highest BCUT2D eigenvalue weighted by molar-refractivity contribution is 7.89. The van der Waals surface area contributed by atoms with Gasteiger partial charge >= 0.3 is 0 Å². The number of amides is 1. The van der Waals surface area contributed by atoms with Crippen LogP contribution in [0.15, 0.2) is 47.4 Å². The van der Waals surface area contributed by atoms with Crippen molar-refractivity contribution in [2.75, 3.05) is 56.7 Å². The van der Waals surface area contributed by atoms with Gasteiger partial charge in [0.2, 0.25) is 15.9 Å². The number of rotatable bonds is 6. The third-order valence-electron chi connectivity index (χ3n) is 4.93. The van der Waals surface area contributed by atoms with Gasteiger partial charge in [0.05, 0.1) is 37.9 Å². The average molecular weight is 448 g/mol. The summed E-state index contributed by atoms with van der Waals surface area (Å²) in [5.41, 5.74) is 1.14. The van der Waals surface area contributed by atoms with Crippen molar-refractivity contribution in [2.24, 2.45) is 0 Å². The Morgan fingerprint density at radius 1 is 0.935 bits per heavy atom. The molecule has 0 radical (unpaired) electrons. The topological polar surface area (TPSA) is 106 Å². The molecule has 2 aliphatic rings. The number of morpholine rings is 1. The van der Waals surface area contributed by atoms with Gasteiger partial charge in [-0.3, -0.25) is 4.79 Å². The highest BCUT2D eigenvalue weighted by Gasteiger charge is 2.26. The summed E-state index contributed by atoms with van der Waals surface area (Å²) in [5, 5.41) is 5.78. The second-order valence-corrected chi connectivity index (χ2v) is 9.10. The van der Waals surface area contributed by atoms with E-state index in [4.69, 9.17) is 14.2 Å². The third-order valence-corrected chi connectivity index (χ3v) is 6.82. The van der Waals surface area contributed by atoms with E-state index in [1.807, 2.05) is 0 Å². The van der Waals surface area contributed by atoms with E-state index < -0.39 is 10.0 Å². The van der Waals surface area contributed by atoms with Crippen molar-refractivity contribution in [3.8, 4) is 11.5 Å². The highest BCUT2D eigenvalue weighted by Crippen LogP contribution is 2.32. The number of sulfonamides is 1. The molecule has 1 amide bonds. The fourth-order valence-electron chi connectivity index (χ4n) is 3.33. The predicted molar refractivity (Wildman–Crippen MR) is 115 cm³/mol. The van der Waals surface area contributed by atoms with Crippen LogP contribution in [0.25, 0.3) is 0 Å². The Balaban J connectivity index is 1.36. The molecule has 0 aromatic heterocycles.